The summed E-state index contributed by atoms with van der Waals surface area (Å²) in [5, 5.41) is 3.07. The Hall–Kier alpha value is -2.58. The molecule has 0 radical (unpaired) electrons. The van der Waals surface area contributed by atoms with E-state index in [2.05, 4.69) is 10.2 Å². The first kappa shape index (κ1) is 25.1. The molecule has 1 fully saturated rings. The number of piperidine rings is 1. The molecule has 1 amide bonds. The van der Waals surface area contributed by atoms with Crippen molar-refractivity contribution in [2.45, 2.75) is 37.6 Å². The van der Waals surface area contributed by atoms with Crippen LogP contribution in [0.4, 0.5) is 4.39 Å². The van der Waals surface area contributed by atoms with Crippen LogP contribution in [0.5, 0.6) is 0 Å². The molecule has 178 valence electrons. The lowest BCUT2D eigenvalue weighted by Gasteiger charge is -2.35. The van der Waals surface area contributed by atoms with Gasteiger partial charge in [-0.2, -0.15) is 0 Å². The third-order valence-corrected chi connectivity index (χ3v) is 7.34. The minimum Gasteiger partial charge on any atom is -0.348 e. The van der Waals surface area contributed by atoms with E-state index in [4.69, 9.17) is 0 Å². The third-order valence-electron chi connectivity index (χ3n) is 6.21. The molecule has 0 saturated carbocycles. The highest BCUT2D eigenvalue weighted by atomic mass is 32.2. The van der Waals surface area contributed by atoms with E-state index < -0.39 is 9.84 Å². The summed E-state index contributed by atoms with van der Waals surface area (Å²) in [4.78, 5) is 27.9. The number of rotatable bonds is 8. The van der Waals surface area contributed by atoms with Crippen LogP contribution in [0.2, 0.25) is 0 Å². The summed E-state index contributed by atoms with van der Waals surface area (Å²) in [6.07, 6.45) is 2.58. The van der Waals surface area contributed by atoms with Crippen molar-refractivity contribution in [2.75, 3.05) is 25.9 Å². The Labute approximate surface area is 195 Å². The van der Waals surface area contributed by atoms with Crippen molar-refractivity contribution in [3.63, 3.8) is 0 Å². The molecule has 8 heteroatoms. The second-order valence-electron chi connectivity index (χ2n) is 9.07. The van der Waals surface area contributed by atoms with E-state index in [1.165, 1.54) is 48.5 Å². The number of halogens is 1. The zero-order valence-corrected chi connectivity index (χ0v) is 20.1. The predicted octanol–water partition coefficient (Wildman–Crippen LogP) is 3.58. The minimum atomic E-state index is -3.31. The van der Waals surface area contributed by atoms with Crippen LogP contribution in [-0.4, -0.2) is 56.9 Å². The Morgan fingerprint density at radius 2 is 1.55 bits per heavy atom. The van der Waals surface area contributed by atoms with Crippen LogP contribution in [0.15, 0.2) is 53.4 Å². The van der Waals surface area contributed by atoms with Crippen molar-refractivity contribution < 1.29 is 22.4 Å². The molecule has 1 aliphatic rings. The van der Waals surface area contributed by atoms with Crippen molar-refractivity contribution in [3.05, 3.63) is 65.5 Å². The molecule has 6 nitrogen and oxygen atoms in total. The SMILES string of the molecule is CC(C)C(CN1CCC(C(=O)c2ccc(F)cc2)CC1)NC(=O)c1ccc(S(C)(=O)=O)cc1. The van der Waals surface area contributed by atoms with Crippen molar-refractivity contribution in [3.8, 4) is 0 Å². The standard InChI is InChI=1S/C25H31FN2O4S/c1-17(2)23(27-25(30)20-6-10-22(11-7-20)33(3,31)32)16-28-14-12-19(13-15-28)24(29)18-4-8-21(26)9-5-18/h4-11,17,19,23H,12-16H2,1-3H3,(H,27,30). The van der Waals surface area contributed by atoms with Crippen molar-refractivity contribution in [2.24, 2.45) is 11.8 Å². The third kappa shape index (κ3) is 6.71. The zero-order valence-electron chi connectivity index (χ0n) is 19.3. The highest BCUT2D eigenvalue weighted by Gasteiger charge is 2.28. The lowest BCUT2D eigenvalue weighted by Crippen LogP contribution is -2.49. The predicted molar refractivity (Wildman–Crippen MR) is 126 cm³/mol. The number of hydrogen-bond acceptors (Lipinski definition) is 5. The Balaban J connectivity index is 1.55. The maximum absolute atomic E-state index is 13.1. The minimum absolute atomic E-state index is 0.0564. The van der Waals surface area contributed by atoms with Crippen LogP contribution in [0.25, 0.3) is 0 Å². The molecule has 2 aromatic rings. The molecule has 0 spiro atoms. The van der Waals surface area contributed by atoms with Gasteiger partial charge in [0.15, 0.2) is 15.6 Å². The van der Waals surface area contributed by atoms with E-state index in [9.17, 15) is 22.4 Å². The molecule has 0 aromatic heterocycles. The van der Waals surface area contributed by atoms with Crippen LogP contribution in [0.1, 0.15) is 47.4 Å². The maximum Gasteiger partial charge on any atom is 0.251 e. The second kappa shape index (κ2) is 10.6. The first-order chi connectivity index (χ1) is 15.5. The van der Waals surface area contributed by atoms with E-state index in [0.717, 1.165) is 32.2 Å². The van der Waals surface area contributed by atoms with Gasteiger partial charge in [-0.25, -0.2) is 12.8 Å². The van der Waals surface area contributed by atoms with Gasteiger partial charge in [0.2, 0.25) is 0 Å². The number of Topliss-reactive ketones (excluding diaryl/α,β-unsaturated/α-hetero) is 1. The molecule has 0 bridgehead atoms. The topological polar surface area (TPSA) is 83.6 Å². The monoisotopic (exact) mass is 474 g/mol. The lowest BCUT2D eigenvalue weighted by atomic mass is 9.88. The van der Waals surface area contributed by atoms with Gasteiger partial charge in [0.25, 0.3) is 5.91 Å². The fraction of sp³-hybridized carbons (Fsp3) is 0.440. The molecule has 1 atom stereocenters. The molecular formula is C25H31FN2O4S. The average molecular weight is 475 g/mol. The van der Waals surface area contributed by atoms with Crippen LogP contribution in [0, 0.1) is 17.7 Å². The normalized spacial score (nSPS) is 16.5. The van der Waals surface area contributed by atoms with Gasteiger partial charge in [0.1, 0.15) is 5.82 Å². The summed E-state index contributed by atoms with van der Waals surface area (Å²) in [5.41, 5.74) is 0.959. The fourth-order valence-corrected chi connectivity index (χ4v) is 4.66. The largest absolute Gasteiger partial charge is 0.348 e. The van der Waals surface area contributed by atoms with E-state index in [0.29, 0.717) is 17.7 Å². The molecule has 2 aromatic carbocycles. The van der Waals surface area contributed by atoms with Crippen LogP contribution >= 0.6 is 0 Å². The van der Waals surface area contributed by atoms with Gasteiger partial charge in [-0.1, -0.05) is 13.8 Å². The van der Waals surface area contributed by atoms with Gasteiger partial charge in [0.05, 0.1) is 4.90 Å². The molecule has 1 saturated heterocycles. The second-order valence-corrected chi connectivity index (χ2v) is 11.1. The Kier molecular flexibility index (Phi) is 8.02. The number of sulfone groups is 1. The highest BCUT2D eigenvalue weighted by Crippen LogP contribution is 2.23. The van der Waals surface area contributed by atoms with E-state index >= 15 is 0 Å². The van der Waals surface area contributed by atoms with Gasteiger partial charge in [0, 0.05) is 35.9 Å². The Morgan fingerprint density at radius 1 is 1.00 bits per heavy atom. The lowest BCUT2D eigenvalue weighted by molar-refractivity contribution is 0.0811. The summed E-state index contributed by atoms with van der Waals surface area (Å²) in [5.74, 6) is -0.416. The van der Waals surface area contributed by atoms with E-state index in [1.54, 1.807) is 0 Å². The first-order valence-electron chi connectivity index (χ1n) is 11.2. The molecule has 1 heterocycles. The number of benzene rings is 2. The van der Waals surface area contributed by atoms with Gasteiger partial charge in [-0.05, 0) is 80.4 Å². The van der Waals surface area contributed by atoms with Crippen LogP contribution < -0.4 is 5.32 Å². The summed E-state index contributed by atoms with van der Waals surface area (Å²) < 4.78 is 36.4. The number of amides is 1. The van der Waals surface area contributed by atoms with Crippen molar-refractivity contribution >= 4 is 21.5 Å². The maximum atomic E-state index is 13.1. The number of ketones is 1. The van der Waals surface area contributed by atoms with Gasteiger partial charge < -0.3 is 10.2 Å². The molecule has 3 rings (SSSR count). The smallest absolute Gasteiger partial charge is 0.251 e. The Bertz CT molecular complexity index is 1070. The van der Waals surface area contributed by atoms with Crippen molar-refractivity contribution in [1.82, 2.24) is 10.2 Å². The summed E-state index contributed by atoms with van der Waals surface area (Å²) >= 11 is 0. The number of nitrogens with one attached hydrogen (secondary N) is 1. The van der Waals surface area contributed by atoms with Gasteiger partial charge in [-0.15, -0.1) is 0 Å². The van der Waals surface area contributed by atoms with Crippen LogP contribution in [-0.2, 0) is 9.84 Å². The molecule has 33 heavy (non-hydrogen) atoms. The zero-order chi connectivity index (χ0) is 24.2. The van der Waals surface area contributed by atoms with Gasteiger partial charge in [-0.3, -0.25) is 9.59 Å². The number of nitrogens with zero attached hydrogens (tertiary/aromatic N) is 1. The average Bonchev–Trinajstić information content (AvgIpc) is 2.78. The summed E-state index contributed by atoms with van der Waals surface area (Å²) in [6.45, 7) is 6.26. The highest BCUT2D eigenvalue weighted by molar-refractivity contribution is 7.90. The van der Waals surface area contributed by atoms with Gasteiger partial charge >= 0.3 is 0 Å². The van der Waals surface area contributed by atoms with Crippen LogP contribution in [0.3, 0.4) is 0 Å². The Morgan fingerprint density at radius 3 is 2.06 bits per heavy atom. The van der Waals surface area contributed by atoms with Crippen molar-refractivity contribution in [1.29, 1.82) is 0 Å². The summed E-state index contributed by atoms with van der Waals surface area (Å²) in [6, 6.07) is 11.5. The molecule has 1 unspecified atom stereocenters. The first-order valence-corrected chi connectivity index (χ1v) is 13.1. The number of hydrogen-bond donors (Lipinski definition) is 1. The molecule has 1 aliphatic heterocycles. The number of carbonyl (C=O) groups is 2. The number of likely N-dealkylation sites (tertiary alicyclic amines) is 1. The quantitative estimate of drug-likeness (QED) is 0.592. The molecular weight excluding hydrogens is 443 g/mol. The number of carbonyl (C=O) groups excluding carboxylic acids is 2. The molecule has 0 aliphatic carbocycles. The fourth-order valence-electron chi connectivity index (χ4n) is 4.03. The summed E-state index contributed by atoms with van der Waals surface area (Å²) in [7, 11) is -3.31. The van der Waals surface area contributed by atoms with E-state index in [-0.39, 0.29) is 40.3 Å². The van der Waals surface area contributed by atoms with E-state index in [1.807, 2.05) is 13.8 Å². The molecule has 1 N–H and O–H groups in total.